The van der Waals surface area contributed by atoms with Gasteiger partial charge in [0.25, 0.3) is 0 Å². The quantitative estimate of drug-likeness (QED) is 0.831. The molecule has 1 aliphatic carbocycles. The molecule has 0 radical (unpaired) electrons. The van der Waals surface area contributed by atoms with Gasteiger partial charge in [0, 0.05) is 16.2 Å². The van der Waals surface area contributed by atoms with Gasteiger partial charge < -0.3 is 5.32 Å². The van der Waals surface area contributed by atoms with E-state index in [2.05, 4.69) is 28.2 Å². The predicted molar refractivity (Wildman–Crippen MR) is 69.6 cm³/mol. The third-order valence-corrected chi connectivity index (χ3v) is 4.20. The fraction of sp³-hybridized carbons (Fsp3) is 0.500. The minimum absolute atomic E-state index is 0.632. The second-order valence-electron chi connectivity index (χ2n) is 4.39. The molecule has 0 saturated heterocycles. The van der Waals surface area contributed by atoms with Crippen LogP contribution in [0.15, 0.2) is 22.7 Å². The van der Waals surface area contributed by atoms with Crippen LogP contribution in [0.4, 0.5) is 5.69 Å². The summed E-state index contributed by atoms with van der Waals surface area (Å²) in [7, 11) is 0. The van der Waals surface area contributed by atoms with Gasteiger partial charge in [-0.1, -0.05) is 18.5 Å². The SMILES string of the molecule is CC1CCC(Nc2ccc(Cl)c(Br)c2)C1. The van der Waals surface area contributed by atoms with Gasteiger partial charge in [0.1, 0.15) is 0 Å². The van der Waals surface area contributed by atoms with Crippen LogP contribution in [0, 0.1) is 5.92 Å². The lowest BCUT2D eigenvalue weighted by molar-refractivity contribution is 0.602. The van der Waals surface area contributed by atoms with Crippen LogP contribution in [-0.2, 0) is 0 Å². The fourth-order valence-electron chi connectivity index (χ4n) is 2.16. The Morgan fingerprint density at radius 3 is 2.80 bits per heavy atom. The zero-order valence-electron chi connectivity index (χ0n) is 8.76. The summed E-state index contributed by atoms with van der Waals surface area (Å²) in [6.07, 6.45) is 3.90. The fourth-order valence-corrected chi connectivity index (χ4v) is 2.66. The van der Waals surface area contributed by atoms with Crippen molar-refractivity contribution in [3.05, 3.63) is 27.7 Å². The van der Waals surface area contributed by atoms with Crippen molar-refractivity contribution >= 4 is 33.2 Å². The number of hydrogen-bond donors (Lipinski definition) is 1. The molecule has 1 aliphatic rings. The van der Waals surface area contributed by atoms with Crippen LogP contribution in [-0.4, -0.2) is 6.04 Å². The second-order valence-corrected chi connectivity index (χ2v) is 5.65. The summed E-state index contributed by atoms with van der Waals surface area (Å²) in [6.45, 7) is 2.32. The van der Waals surface area contributed by atoms with E-state index in [1.165, 1.54) is 19.3 Å². The first kappa shape index (κ1) is 11.3. The first-order valence-corrected chi connectivity index (χ1v) is 6.54. The maximum absolute atomic E-state index is 5.95. The van der Waals surface area contributed by atoms with Crippen LogP contribution in [0.5, 0.6) is 0 Å². The highest BCUT2D eigenvalue weighted by Crippen LogP contribution is 2.30. The summed E-state index contributed by atoms with van der Waals surface area (Å²) in [5, 5.41) is 4.31. The molecule has 82 valence electrons. The highest BCUT2D eigenvalue weighted by Gasteiger charge is 2.20. The van der Waals surface area contributed by atoms with Gasteiger partial charge in [-0.15, -0.1) is 0 Å². The molecule has 15 heavy (non-hydrogen) atoms. The van der Waals surface area contributed by atoms with Gasteiger partial charge in [-0.2, -0.15) is 0 Å². The molecule has 1 nitrogen and oxygen atoms in total. The molecule has 1 aromatic carbocycles. The molecule has 0 bridgehead atoms. The van der Waals surface area contributed by atoms with E-state index in [-0.39, 0.29) is 0 Å². The average Bonchev–Trinajstić information content (AvgIpc) is 2.58. The molecule has 2 rings (SSSR count). The average molecular weight is 289 g/mol. The maximum atomic E-state index is 5.95. The Bertz CT molecular complexity index is 353. The topological polar surface area (TPSA) is 12.0 Å². The van der Waals surface area contributed by atoms with Gasteiger partial charge in [0.05, 0.1) is 5.02 Å². The minimum atomic E-state index is 0.632. The summed E-state index contributed by atoms with van der Waals surface area (Å²) in [5.74, 6) is 0.859. The van der Waals surface area contributed by atoms with Crippen molar-refractivity contribution in [2.75, 3.05) is 5.32 Å². The van der Waals surface area contributed by atoms with Crippen LogP contribution < -0.4 is 5.32 Å². The second kappa shape index (κ2) is 4.75. The lowest BCUT2D eigenvalue weighted by Crippen LogP contribution is -2.15. The summed E-state index contributed by atoms with van der Waals surface area (Å²) < 4.78 is 0.959. The van der Waals surface area contributed by atoms with E-state index in [4.69, 9.17) is 11.6 Å². The first-order valence-electron chi connectivity index (χ1n) is 5.37. The normalized spacial score (nSPS) is 25.5. The summed E-state index contributed by atoms with van der Waals surface area (Å²) in [5.41, 5.74) is 1.16. The third kappa shape index (κ3) is 2.88. The number of hydrogen-bond acceptors (Lipinski definition) is 1. The first-order chi connectivity index (χ1) is 7.15. The standard InChI is InChI=1S/C12H15BrClN/c1-8-2-3-9(6-8)15-10-4-5-12(14)11(13)7-10/h4-5,7-9,15H,2-3,6H2,1H3. The summed E-state index contributed by atoms with van der Waals surface area (Å²) >= 11 is 9.38. The molecule has 0 amide bonds. The van der Waals surface area contributed by atoms with Gasteiger partial charge in [0.2, 0.25) is 0 Å². The van der Waals surface area contributed by atoms with E-state index >= 15 is 0 Å². The molecule has 0 heterocycles. The Balaban J connectivity index is 2.02. The van der Waals surface area contributed by atoms with Crippen molar-refractivity contribution in [2.24, 2.45) is 5.92 Å². The molecule has 0 aromatic heterocycles. The smallest absolute Gasteiger partial charge is 0.0549 e. The van der Waals surface area contributed by atoms with Crippen LogP contribution in [0.25, 0.3) is 0 Å². The number of nitrogens with one attached hydrogen (secondary N) is 1. The van der Waals surface area contributed by atoms with Gasteiger partial charge >= 0.3 is 0 Å². The Kier molecular flexibility index (Phi) is 3.57. The van der Waals surface area contributed by atoms with Crippen LogP contribution in [0.2, 0.25) is 5.02 Å². The third-order valence-electron chi connectivity index (χ3n) is 2.99. The van der Waals surface area contributed by atoms with Crippen molar-refractivity contribution in [2.45, 2.75) is 32.2 Å². The molecule has 2 atom stereocenters. The number of benzene rings is 1. The summed E-state index contributed by atoms with van der Waals surface area (Å²) in [4.78, 5) is 0. The molecule has 2 unspecified atom stereocenters. The molecule has 0 aliphatic heterocycles. The zero-order chi connectivity index (χ0) is 10.8. The van der Waals surface area contributed by atoms with E-state index in [0.29, 0.717) is 6.04 Å². The Labute approximate surface area is 104 Å². The van der Waals surface area contributed by atoms with E-state index in [9.17, 15) is 0 Å². The highest BCUT2D eigenvalue weighted by molar-refractivity contribution is 9.10. The Hall–Kier alpha value is -0.210. The minimum Gasteiger partial charge on any atom is -0.382 e. The lowest BCUT2D eigenvalue weighted by atomic mass is 10.1. The van der Waals surface area contributed by atoms with Gasteiger partial charge in [-0.3, -0.25) is 0 Å². The molecule has 1 N–H and O–H groups in total. The van der Waals surface area contributed by atoms with Gasteiger partial charge in [-0.25, -0.2) is 0 Å². The molecule has 3 heteroatoms. The van der Waals surface area contributed by atoms with E-state index in [1.54, 1.807) is 0 Å². The highest BCUT2D eigenvalue weighted by atomic mass is 79.9. The molecule has 1 aromatic rings. The maximum Gasteiger partial charge on any atom is 0.0549 e. The number of anilines is 1. The van der Waals surface area contributed by atoms with Crippen molar-refractivity contribution in [1.29, 1.82) is 0 Å². The molecular formula is C12H15BrClN. The van der Waals surface area contributed by atoms with E-state index in [1.807, 2.05) is 18.2 Å². The Morgan fingerprint density at radius 2 is 2.20 bits per heavy atom. The number of halogens is 2. The summed E-state index contributed by atoms with van der Waals surface area (Å²) in [6, 6.07) is 6.64. The monoisotopic (exact) mass is 287 g/mol. The van der Waals surface area contributed by atoms with E-state index < -0.39 is 0 Å². The van der Waals surface area contributed by atoms with Crippen molar-refractivity contribution in [3.63, 3.8) is 0 Å². The van der Waals surface area contributed by atoms with E-state index in [0.717, 1.165) is 21.1 Å². The van der Waals surface area contributed by atoms with Crippen LogP contribution >= 0.6 is 27.5 Å². The van der Waals surface area contributed by atoms with Crippen LogP contribution in [0.1, 0.15) is 26.2 Å². The molecule has 1 saturated carbocycles. The largest absolute Gasteiger partial charge is 0.382 e. The lowest BCUT2D eigenvalue weighted by Gasteiger charge is -2.14. The molecular weight excluding hydrogens is 273 g/mol. The van der Waals surface area contributed by atoms with Crippen molar-refractivity contribution in [3.8, 4) is 0 Å². The predicted octanol–water partition coefficient (Wildman–Crippen LogP) is 4.70. The van der Waals surface area contributed by atoms with Gasteiger partial charge in [-0.05, 0) is 59.3 Å². The zero-order valence-corrected chi connectivity index (χ0v) is 11.1. The van der Waals surface area contributed by atoms with Crippen molar-refractivity contribution < 1.29 is 0 Å². The van der Waals surface area contributed by atoms with Gasteiger partial charge in [0.15, 0.2) is 0 Å². The number of rotatable bonds is 2. The van der Waals surface area contributed by atoms with Crippen molar-refractivity contribution in [1.82, 2.24) is 0 Å². The van der Waals surface area contributed by atoms with Crippen LogP contribution in [0.3, 0.4) is 0 Å². The Morgan fingerprint density at radius 1 is 1.40 bits per heavy atom. The molecule has 0 spiro atoms. The molecule has 1 fully saturated rings.